The van der Waals surface area contributed by atoms with Crippen LogP contribution in [0.1, 0.15) is 41.7 Å². The molecule has 0 saturated carbocycles. The van der Waals surface area contributed by atoms with Crippen molar-refractivity contribution in [3.63, 3.8) is 0 Å². The first kappa shape index (κ1) is 16.9. The molecule has 26 heavy (non-hydrogen) atoms. The van der Waals surface area contributed by atoms with Crippen LogP contribution in [0.2, 0.25) is 0 Å². The Balaban J connectivity index is 1.61. The minimum Gasteiger partial charge on any atom is -0.485 e. The standard InChI is InChI=1S/C24H24O2/c25-24-20(16-15-18-9-3-1-4-10-18)17-23(19-11-5-2-6-12-19)26-22-14-8-7-13-21(22)24/h1-14,20,23-25H,15-17H2. The second-order valence-corrected chi connectivity index (χ2v) is 7.02. The Kier molecular flexibility index (Phi) is 5.03. The SMILES string of the molecule is OC1c2ccccc2OC(c2ccccc2)CC1CCc1ccccc1. The fourth-order valence-corrected chi connectivity index (χ4v) is 3.84. The summed E-state index contributed by atoms with van der Waals surface area (Å²) in [6.45, 7) is 0. The summed E-state index contributed by atoms with van der Waals surface area (Å²) < 4.78 is 6.34. The van der Waals surface area contributed by atoms with Gasteiger partial charge in [0.05, 0.1) is 6.10 Å². The van der Waals surface area contributed by atoms with E-state index in [9.17, 15) is 5.11 Å². The molecule has 3 aromatic carbocycles. The van der Waals surface area contributed by atoms with Crippen LogP contribution in [0.5, 0.6) is 5.75 Å². The van der Waals surface area contributed by atoms with Gasteiger partial charge in [0.1, 0.15) is 11.9 Å². The van der Waals surface area contributed by atoms with E-state index in [1.165, 1.54) is 11.1 Å². The van der Waals surface area contributed by atoms with Crippen molar-refractivity contribution in [3.05, 3.63) is 102 Å². The molecular weight excluding hydrogens is 320 g/mol. The number of para-hydroxylation sites is 1. The normalized spacial score (nSPS) is 22.1. The fraction of sp³-hybridized carbons (Fsp3) is 0.250. The lowest BCUT2D eigenvalue weighted by Crippen LogP contribution is -2.16. The minimum absolute atomic E-state index is 0.0322. The average molecular weight is 344 g/mol. The van der Waals surface area contributed by atoms with Crippen LogP contribution in [0.15, 0.2) is 84.9 Å². The molecule has 0 aromatic heterocycles. The van der Waals surface area contributed by atoms with Crippen LogP contribution in [-0.2, 0) is 6.42 Å². The molecule has 3 atom stereocenters. The van der Waals surface area contributed by atoms with Gasteiger partial charge in [-0.3, -0.25) is 0 Å². The molecular formula is C24H24O2. The molecule has 1 heterocycles. The monoisotopic (exact) mass is 344 g/mol. The van der Waals surface area contributed by atoms with Gasteiger partial charge in [-0.2, -0.15) is 0 Å². The maximum Gasteiger partial charge on any atom is 0.126 e. The van der Waals surface area contributed by atoms with Gasteiger partial charge in [0.25, 0.3) is 0 Å². The second-order valence-electron chi connectivity index (χ2n) is 7.02. The summed E-state index contributed by atoms with van der Waals surface area (Å²) in [4.78, 5) is 0. The van der Waals surface area contributed by atoms with Crippen LogP contribution < -0.4 is 4.74 Å². The van der Waals surface area contributed by atoms with Crippen molar-refractivity contribution in [2.24, 2.45) is 5.92 Å². The number of benzene rings is 3. The van der Waals surface area contributed by atoms with Crippen LogP contribution >= 0.6 is 0 Å². The highest BCUT2D eigenvalue weighted by molar-refractivity contribution is 5.37. The van der Waals surface area contributed by atoms with Gasteiger partial charge in [0.2, 0.25) is 0 Å². The summed E-state index contributed by atoms with van der Waals surface area (Å²) >= 11 is 0. The fourth-order valence-electron chi connectivity index (χ4n) is 3.84. The summed E-state index contributed by atoms with van der Waals surface area (Å²) in [5.41, 5.74) is 3.39. The Morgan fingerprint density at radius 3 is 2.23 bits per heavy atom. The van der Waals surface area contributed by atoms with Crippen LogP contribution in [0.3, 0.4) is 0 Å². The molecule has 132 valence electrons. The average Bonchev–Trinajstić information content (AvgIpc) is 2.85. The van der Waals surface area contributed by atoms with Crippen LogP contribution in [0.25, 0.3) is 0 Å². The number of aryl methyl sites for hydroxylation is 1. The summed E-state index contributed by atoms with van der Waals surface area (Å²) in [5, 5.41) is 11.1. The Bertz CT molecular complexity index is 829. The third-order valence-electron chi connectivity index (χ3n) is 5.29. The summed E-state index contributed by atoms with van der Waals surface area (Å²) in [6.07, 6.45) is 2.18. The van der Waals surface area contributed by atoms with Gasteiger partial charge in [-0.05, 0) is 42.4 Å². The first-order valence-corrected chi connectivity index (χ1v) is 9.34. The number of hydrogen-bond acceptors (Lipinski definition) is 2. The van der Waals surface area contributed by atoms with Gasteiger partial charge in [-0.15, -0.1) is 0 Å². The molecule has 4 rings (SSSR count). The van der Waals surface area contributed by atoms with Crippen molar-refractivity contribution in [2.75, 3.05) is 0 Å². The van der Waals surface area contributed by atoms with Crippen LogP contribution in [0.4, 0.5) is 0 Å². The molecule has 0 aliphatic carbocycles. The van der Waals surface area contributed by atoms with Gasteiger partial charge in [-0.25, -0.2) is 0 Å². The third kappa shape index (κ3) is 3.66. The predicted molar refractivity (Wildman–Crippen MR) is 104 cm³/mol. The van der Waals surface area contributed by atoms with E-state index in [0.717, 1.165) is 30.6 Å². The third-order valence-corrected chi connectivity index (χ3v) is 5.29. The van der Waals surface area contributed by atoms with E-state index >= 15 is 0 Å². The van der Waals surface area contributed by atoms with E-state index in [-0.39, 0.29) is 12.0 Å². The van der Waals surface area contributed by atoms with E-state index in [2.05, 4.69) is 36.4 Å². The molecule has 0 radical (unpaired) electrons. The van der Waals surface area contributed by atoms with Crippen molar-refractivity contribution >= 4 is 0 Å². The molecule has 1 aliphatic heterocycles. The zero-order valence-electron chi connectivity index (χ0n) is 14.8. The molecule has 1 N–H and O–H groups in total. The van der Waals surface area contributed by atoms with Crippen LogP contribution in [-0.4, -0.2) is 5.11 Å². The highest BCUT2D eigenvalue weighted by Crippen LogP contribution is 2.43. The van der Waals surface area contributed by atoms with Gasteiger partial charge in [-0.1, -0.05) is 78.9 Å². The lowest BCUT2D eigenvalue weighted by molar-refractivity contribution is 0.0851. The molecule has 0 amide bonds. The van der Waals surface area contributed by atoms with Gasteiger partial charge in [0.15, 0.2) is 0 Å². The lowest BCUT2D eigenvalue weighted by atomic mass is 9.85. The van der Waals surface area contributed by atoms with E-state index in [1.54, 1.807) is 0 Å². The van der Waals surface area contributed by atoms with E-state index < -0.39 is 6.10 Å². The molecule has 0 bridgehead atoms. The summed E-state index contributed by atoms with van der Waals surface area (Å²) in [7, 11) is 0. The van der Waals surface area contributed by atoms with Crippen molar-refractivity contribution in [3.8, 4) is 5.75 Å². The van der Waals surface area contributed by atoms with Gasteiger partial charge >= 0.3 is 0 Å². The molecule has 2 nitrogen and oxygen atoms in total. The Morgan fingerprint density at radius 2 is 1.46 bits per heavy atom. The zero-order valence-corrected chi connectivity index (χ0v) is 14.8. The molecule has 0 saturated heterocycles. The molecule has 0 spiro atoms. The van der Waals surface area contributed by atoms with E-state index in [1.807, 2.05) is 48.5 Å². The largest absolute Gasteiger partial charge is 0.485 e. The minimum atomic E-state index is -0.497. The number of ether oxygens (including phenoxy) is 1. The molecule has 3 aromatic rings. The Hall–Kier alpha value is -2.58. The highest BCUT2D eigenvalue weighted by atomic mass is 16.5. The maximum absolute atomic E-state index is 11.1. The first-order chi connectivity index (χ1) is 12.8. The number of rotatable bonds is 4. The topological polar surface area (TPSA) is 29.5 Å². The number of aliphatic hydroxyl groups excluding tert-OH is 1. The van der Waals surface area contributed by atoms with Crippen molar-refractivity contribution in [1.82, 2.24) is 0 Å². The molecule has 3 unspecified atom stereocenters. The number of aliphatic hydroxyl groups is 1. The van der Waals surface area contributed by atoms with Crippen LogP contribution in [0, 0.1) is 5.92 Å². The summed E-state index contributed by atoms with van der Waals surface area (Å²) in [6, 6.07) is 28.7. The first-order valence-electron chi connectivity index (χ1n) is 9.34. The van der Waals surface area contributed by atoms with E-state index in [0.29, 0.717) is 0 Å². The zero-order chi connectivity index (χ0) is 17.8. The van der Waals surface area contributed by atoms with E-state index in [4.69, 9.17) is 4.74 Å². The number of hydrogen-bond donors (Lipinski definition) is 1. The summed E-state index contributed by atoms with van der Waals surface area (Å²) in [5.74, 6) is 0.958. The van der Waals surface area contributed by atoms with Crippen molar-refractivity contribution < 1.29 is 9.84 Å². The Labute approximate surface area is 155 Å². The predicted octanol–water partition coefficient (Wildman–Crippen LogP) is 5.49. The highest BCUT2D eigenvalue weighted by Gasteiger charge is 2.32. The van der Waals surface area contributed by atoms with Crippen molar-refractivity contribution in [2.45, 2.75) is 31.5 Å². The van der Waals surface area contributed by atoms with Crippen molar-refractivity contribution in [1.29, 1.82) is 0 Å². The second kappa shape index (κ2) is 7.76. The number of fused-ring (bicyclic) bond motifs is 1. The molecule has 0 fully saturated rings. The molecule has 2 heteroatoms. The lowest BCUT2D eigenvalue weighted by Gasteiger charge is -2.23. The quantitative estimate of drug-likeness (QED) is 0.678. The maximum atomic E-state index is 11.1. The smallest absolute Gasteiger partial charge is 0.126 e. The molecule has 1 aliphatic rings. The van der Waals surface area contributed by atoms with Gasteiger partial charge in [0, 0.05) is 5.56 Å². The Morgan fingerprint density at radius 1 is 0.808 bits per heavy atom. The van der Waals surface area contributed by atoms with Gasteiger partial charge < -0.3 is 9.84 Å².